The van der Waals surface area contributed by atoms with Gasteiger partial charge in [-0.05, 0) is 36.8 Å². The van der Waals surface area contributed by atoms with E-state index >= 15 is 0 Å². The number of morpholine rings is 1. The molecular formula is C16H22N2O4S. The van der Waals surface area contributed by atoms with Crippen LogP contribution in [0, 0.1) is 6.92 Å². The van der Waals surface area contributed by atoms with Crippen LogP contribution in [0.3, 0.4) is 0 Å². The van der Waals surface area contributed by atoms with Gasteiger partial charge >= 0.3 is 5.97 Å². The highest BCUT2D eigenvalue weighted by atomic mass is 32.1. The van der Waals surface area contributed by atoms with E-state index in [1.54, 1.807) is 0 Å². The van der Waals surface area contributed by atoms with Gasteiger partial charge in [0.2, 0.25) is 0 Å². The van der Waals surface area contributed by atoms with Crippen LogP contribution in [0.4, 0.5) is 0 Å². The Morgan fingerprint density at radius 2 is 2.04 bits per heavy atom. The zero-order valence-corrected chi connectivity index (χ0v) is 14.1. The maximum absolute atomic E-state index is 12.7. The van der Waals surface area contributed by atoms with Crippen LogP contribution < -0.4 is 0 Å². The molecule has 0 radical (unpaired) electrons. The Morgan fingerprint density at radius 1 is 1.30 bits per heavy atom. The molecule has 3 rings (SSSR count). The smallest absolute Gasteiger partial charge is 0.326 e. The highest BCUT2D eigenvalue weighted by Gasteiger charge is 2.39. The number of rotatable bonds is 3. The Balaban J connectivity index is 1.73. The second-order valence-electron chi connectivity index (χ2n) is 6.11. The van der Waals surface area contributed by atoms with Crippen molar-refractivity contribution in [3.63, 3.8) is 0 Å². The van der Waals surface area contributed by atoms with Gasteiger partial charge in [-0.15, -0.1) is 11.3 Å². The van der Waals surface area contributed by atoms with E-state index in [1.807, 2.05) is 18.4 Å². The minimum atomic E-state index is -0.912. The minimum Gasteiger partial charge on any atom is -0.480 e. The average molecular weight is 338 g/mol. The van der Waals surface area contributed by atoms with E-state index < -0.39 is 12.0 Å². The van der Waals surface area contributed by atoms with Gasteiger partial charge in [0, 0.05) is 25.7 Å². The zero-order chi connectivity index (χ0) is 16.4. The van der Waals surface area contributed by atoms with Gasteiger partial charge in [-0.25, -0.2) is 4.79 Å². The number of amides is 1. The molecule has 23 heavy (non-hydrogen) atoms. The fraction of sp³-hybridized carbons (Fsp3) is 0.625. The molecule has 0 unspecified atom stereocenters. The van der Waals surface area contributed by atoms with Crippen molar-refractivity contribution < 1.29 is 19.4 Å². The molecule has 1 aromatic rings. The molecule has 0 saturated carbocycles. The molecule has 6 nitrogen and oxygen atoms in total. The number of nitrogens with zero attached hydrogens (tertiary/aromatic N) is 2. The standard InChI is InChI=1S/C16H22N2O4S/c1-11-3-9-23-14(11)15(19)18-4-2-12(10-13(18)16(20)21)17-5-7-22-8-6-17/h3,9,12-13H,2,4-8,10H2,1H3,(H,20,21)/t12-,13-/m1/s1. The van der Waals surface area contributed by atoms with Crippen molar-refractivity contribution >= 4 is 23.2 Å². The summed E-state index contributed by atoms with van der Waals surface area (Å²) in [4.78, 5) is 28.9. The van der Waals surface area contributed by atoms with E-state index in [9.17, 15) is 14.7 Å². The molecule has 0 spiro atoms. The highest BCUT2D eigenvalue weighted by Crippen LogP contribution is 2.27. The average Bonchev–Trinajstić information content (AvgIpc) is 3.00. The Bertz CT molecular complexity index is 582. The van der Waals surface area contributed by atoms with Crippen LogP contribution >= 0.6 is 11.3 Å². The van der Waals surface area contributed by atoms with Gasteiger partial charge in [-0.1, -0.05) is 0 Å². The number of carboxylic acid groups (broad SMARTS) is 1. The van der Waals surface area contributed by atoms with Crippen LogP contribution in [0.15, 0.2) is 11.4 Å². The van der Waals surface area contributed by atoms with E-state index in [4.69, 9.17) is 4.74 Å². The maximum atomic E-state index is 12.7. The number of thiophene rings is 1. The number of carbonyl (C=O) groups is 2. The lowest BCUT2D eigenvalue weighted by Crippen LogP contribution is -2.56. The van der Waals surface area contributed by atoms with Gasteiger partial charge in [-0.3, -0.25) is 9.69 Å². The molecule has 126 valence electrons. The summed E-state index contributed by atoms with van der Waals surface area (Å²) in [5, 5.41) is 11.5. The topological polar surface area (TPSA) is 70.1 Å². The molecular weight excluding hydrogens is 316 g/mol. The minimum absolute atomic E-state index is 0.148. The largest absolute Gasteiger partial charge is 0.480 e. The first-order valence-corrected chi connectivity index (χ1v) is 8.85. The number of ether oxygens (including phenoxy) is 1. The number of piperidine rings is 1. The lowest BCUT2D eigenvalue weighted by atomic mass is 9.95. The number of aliphatic carboxylic acids is 1. The van der Waals surface area contributed by atoms with Crippen molar-refractivity contribution in [2.45, 2.75) is 31.8 Å². The molecule has 1 N–H and O–H groups in total. The molecule has 7 heteroatoms. The zero-order valence-electron chi connectivity index (χ0n) is 13.2. The molecule has 2 saturated heterocycles. The van der Waals surface area contributed by atoms with Gasteiger partial charge < -0.3 is 14.7 Å². The lowest BCUT2D eigenvalue weighted by Gasteiger charge is -2.42. The third-order valence-electron chi connectivity index (χ3n) is 4.74. The number of hydrogen-bond donors (Lipinski definition) is 1. The maximum Gasteiger partial charge on any atom is 0.326 e. The van der Waals surface area contributed by atoms with Crippen molar-refractivity contribution in [1.29, 1.82) is 0 Å². The second-order valence-corrected chi connectivity index (χ2v) is 7.03. The van der Waals surface area contributed by atoms with Crippen molar-refractivity contribution in [3.05, 3.63) is 21.9 Å². The molecule has 1 aromatic heterocycles. The summed E-state index contributed by atoms with van der Waals surface area (Å²) in [5.41, 5.74) is 0.916. The van der Waals surface area contributed by atoms with Crippen LogP contribution in [-0.2, 0) is 9.53 Å². The van der Waals surface area contributed by atoms with Crippen molar-refractivity contribution in [2.75, 3.05) is 32.8 Å². The predicted molar refractivity (Wildman–Crippen MR) is 86.9 cm³/mol. The molecule has 2 aliphatic rings. The van der Waals surface area contributed by atoms with Gasteiger partial charge in [0.1, 0.15) is 6.04 Å². The third kappa shape index (κ3) is 3.41. The number of hydrogen-bond acceptors (Lipinski definition) is 5. The first-order chi connectivity index (χ1) is 11.1. The Kier molecular flexibility index (Phi) is 4.99. The van der Waals surface area contributed by atoms with E-state index in [2.05, 4.69) is 4.90 Å². The van der Waals surface area contributed by atoms with Crippen LogP contribution in [0.1, 0.15) is 28.1 Å². The van der Waals surface area contributed by atoms with Gasteiger partial charge in [0.15, 0.2) is 0 Å². The van der Waals surface area contributed by atoms with E-state index in [1.165, 1.54) is 16.2 Å². The van der Waals surface area contributed by atoms with Crippen molar-refractivity contribution in [3.8, 4) is 0 Å². The van der Waals surface area contributed by atoms with Gasteiger partial charge in [0.05, 0.1) is 18.1 Å². The van der Waals surface area contributed by atoms with Crippen LogP contribution in [-0.4, -0.2) is 71.7 Å². The van der Waals surface area contributed by atoms with Crippen molar-refractivity contribution in [2.24, 2.45) is 0 Å². The first kappa shape index (κ1) is 16.4. The summed E-state index contributed by atoms with van der Waals surface area (Å²) in [6, 6.07) is 1.37. The number of carboxylic acids is 1. The van der Waals surface area contributed by atoms with E-state index in [0.29, 0.717) is 31.1 Å². The van der Waals surface area contributed by atoms with Gasteiger partial charge in [0.25, 0.3) is 5.91 Å². The molecule has 3 heterocycles. The normalized spacial score (nSPS) is 26.2. The summed E-state index contributed by atoms with van der Waals surface area (Å²) < 4.78 is 5.37. The third-order valence-corrected chi connectivity index (χ3v) is 5.74. The fourth-order valence-electron chi connectivity index (χ4n) is 3.42. The quantitative estimate of drug-likeness (QED) is 0.903. The van der Waals surface area contributed by atoms with E-state index in [-0.39, 0.29) is 11.9 Å². The van der Waals surface area contributed by atoms with Crippen molar-refractivity contribution in [1.82, 2.24) is 9.80 Å². The molecule has 0 aliphatic carbocycles. The first-order valence-electron chi connectivity index (χ1n) is 7.97. The van der Waals surface area contributed by atoms with E-state index in [0.717, 1.165) is 25.1 Å². The predicted octanol–water partition coefficient (Wildman–Crippen LogP) is 1.45. The summed E-state index contributed by atoms with van der Waals surface area (Å²) in [7, 11) is 0. The second kappa shape index (κ2) is 6.98. The Morgan fingerprint density at radius 3 is 2.65 bits per heavy atom. The number of carbonyl (C=O) groups excluding carboxylic acids is 1. The lowest BCUT2D eigenvalue weighted by molar-refractivity contribution is -0.144. The monoisotopic (exact) mass is 338 g/mol. The van der Waals surface area contributed by atoms with Crippen LogP contribution in [0.2, 0.25) is 0 Å². The summed E-state index contributed by atoms with van der Waals surface area (Å²) in [6.45, 7) is 5.47. The Labute approximate surface area is 139 Å². The summed E-state index contributed by atoms with van der Waals surface area (Å²) >= 11 is 1.38. The molecule has 2 fully saturated rings. The number of aryl methyl sites for hydroxylation is 1. The Hall–Kier alpha value is -1.44. The molecule has 0 bridgehead atoms. The SMILES string of the molecule is Cc1ccsc1C(=O)N1CC[C@@H](N2CCOCC2)C[C@@H]1C(=O)O. The number of likely N-dealkylation sites (tertiary alicyclic amines) is 1. The molecule has 0 aromatic carbocycles. The fourth-order valence-corrected chi connectivity index (χ4v) is 4.30. The molecule has 2 atom stereocenters. The summed E-state index contributed by atoms with van der Waals surface area (Å²) in [6.07, 6.45) is 1.31. The highest BCUT2D eigenvalue weighted by molar-refractivity contribution is 7.12. The van der Waals surface area contributed by atoms with Crippen LogP contribution in [0.5, 0.6) is 0 Å². The summed E-state index contributed by atoms with van der Waals surface area (Å²) in [5.74, 6) is -1.06. The molecule has 2 aliphatic heterocycles. The molecule has 1 amide bonds. The van der Waals surface area contributed by atoms with Gasteiger partial charge in [-0.2, -0.15) is 0 Å². The van der Waals surface area contributed by atoms with Crippen LogP contribution in [0.25, 0.3) is 0 Å².